The highest BCUT2D eigenvalue weighted by Gasteiger charge is 2.17. The third kappa shape index (κ3) is 6.71. The van der Waals surface area contributed by atoms with Gasteiger partial charge in [0.1, 0.15) is 0 Å². The Morgan fingerprint density at radius 2 is 2.00 bits per heavy atom. The Bertz CT molecular complexity index is 169. The smallest absolute Gasteiger partial charge is 0.314 e. The lowest BCUT2D eigenvalue weighted by Gasteiger charge is -2.24. The van der Waals surface area contributed by atoms with Gasteiger partial charge in [0.2, 0.25) is 0 Å². The molecule has 0 spiro atoms. The Morgan fingerprint density at radius 1 is 1.36 bits per heavy atom. The van der Waals surface area contributed by atoms with Crippen LogP contribution in [0.1, 0.15) is 33.6 Å². The van der Waals surface area contributed by atoms with Crippen molar-refractivity contribution in [1.29, 1.82) is 0 Å². The van der Waals surface area contributed by atoms with Crippen LogP contribution in [0.3, 0.4) is 0 Å². The van der Waals surface area contributed by atoms with Gasteiger partial charge in [-0.15, -0.1) is 0 Å². The first-order valence-electron chi connectivity index (χ1n) is 5.23. The van der Waals surface area contributed by atoms with Gasteiger partial charge in [-0.2, -0.15) is 0 Å². The number of amides is 2. The lowest BCUT2D eigenvalue weighted by Crippen LogP contribution is -2.40. The molecule has 0 rings (SSSR count). The summed E-state index contributed by atoms with van der Waals surface area (Å²) in [5.41, 5.74) is 5.57. The van der Waals surface area contributed by atoms with E-state index in [2.05, 4.69) is 24.5 Å². The zero-order chi connectivity index (χ0) is 11.0. The van der Waals surface area contributed by atoms with Gasteiger partial charge in [0.25, 0.3) is 0 Å². The van der Waals surface area contributed by atoms with Gasteiger partial charge in [-0.25, -0.2) is 4.79 Å². The minimum Gasteiger partial charge on any atom is -0.338 e. The van der Waals surface area contributed by atoms with Crippen LogP contribution in [0.4, 0.5) is 4.79 Å². The van der Waals surface area contributed by atoms with E-state index in [1.54, 1.807) is 0 Å². The van der Waals surface area contributed by atoms with Crippen molar-refractivity contribution >= 4 is 6.03 Å². The van der Waals surface area contributed by atoms with E-state index in [9.17, 15) is 4.79 Å². The fraction of sp³-hybridized carbons (Fsp3) is 0.900. The van der Waals surface area contributed by atoms with Crippen LogP contribution in [0.5, 0.6) is 0 Å². The molecule has 0 aliphatic heterocycles. The number of hydrogen-bond acceptors (Lipinski definition) is 2. The molecule has 0 fully saturated rings. The number of nitrogens with two attached hydrogens (primary N) is 1. The van der Waals surface area contributed by atoms with Crippen LogP contribution in [-0.4, -0.2) is 25.7 Å². The molecular formula is C10H23N3O. The molecule has 0 saturated heterocycles. The molecule has 4 heteroatoms. The van der Waals surface area contributed by atoms with E-state index in [0.717, 1.165) is 12.8 Å². The van der Waals surface area contributed by atoms with Gasteiger partial charge in [-0.1, -0.05) is 13.8 Å². The average molecular weight is 201 g/mol. The molecule has 0 aromatic rings. The van der Waals surface area contributed by atoms with Crippen LogP contribution < -0.4 is 16.4 Å². The van der Waals surface area contributed by atoms with Crippen molar-refractivity contribution in [2.75, 3.05) is 19.6 Å². The van der Waals surface area contributed by atoms with Gasteiger partial charge in [-0.05, 0) is 31.7 Å². The fourth-order valence-electron chi connectivity index (χ4n) is 1.21. The number of urea groups is 1. The SMILES string of the molecule is CCNC(=O)NCC(C)(C)CCCN. The van der Waals surface area contributed by atoms with Crippen LogP contribution in [-0.2, 0) is 0 Å². The topological polar surface area (TPSA) is 67.2 Å². The van der Waals surface area contributed by atoms with Crippen molar-refractivity contribution in [3.05, 3.63) is 0 Å². The number of rotatable bonds is 6. The standard InChI is InChI=1S/C10H23N3O/c1-4-12-9(14)13-8-10(2,3)6-5-7-11/h4-8,11H2,1-3H3,(H2,12,13,14). The van der Waals surface area contributed by atoms with Crippen LogP contribution in [0.2, 0.25) is 0 Å². The highest BCUT2D eigenvalue weighted by molar-refractivity contribution is 5.73. The van der Waals surface area contributed by atoms with Gasteiger partial charge in [-0.3, -0.25) is 0 Å². The molecule has 4 nitrogen and oxygen atoms in total. The Morgan fingerprint density at radius 3 is 2.50 bits per heavy atom. The zero-order valence-electron chi connectivity index (χ0n) is 9.52. The normalized spacial score (nSPS) is 11.1. The van der Waals surface area contributed by atoms with Crippen molar-refractivity contribution in [3.63, 3.8) is 0 Å². The number of nitrogens with one attached hydrogen (secondary N) is 2. The van der Waals surface area contributed by atoms with Crippen molar-refractivity contribution in [1.82, 2.24) is 10.6 Å². The molecule has 0 aromatic carbocycles. The largest absolute Gasteiger partial charge is 0.338 e. The van der Waals surface area contributed by atoms with E-state index in [1.165, 1.54) is 0 Å². The minimum atomic E-state index is -0.0895. The molecular weight excluding hydrogens is 178 g/mol. The van der Waals surface area contributed by atoms with Crippen LogP contribution >= 0.6 is 0 Å². The number of carbonyl (C=O) groups is 1. The van der Waals surface area contributed by atoms with Crippen molar-refractivity contribution in [2.45, 2.75) is 33.6 Å². The highest BCUT2D eigenvalue weighted by atomic mass is 16.2. The second-order valence-corrected chi connectivity index (χ2v) is 4.27. The first-order valence-corrected chi connectivity index (χ1v) is 5.23. The molecule has 0 radical (unpaired) electrons. The predicted molar refractivity (Wildman–Crippen MR) is 59.1 cm³/mol. The van der Waals surface area contributed by atoms with E-state index in [1.807, 2.05) is 6.92 Å². The van der Waals surface area contributed by atoms with Gasteiger partial charge < -0.3 is 16.4 Å². The summed E-state index contributed by atoms with van der Waals surface area (Å²) < 4.78 is 0. The maximum absolute atomic E-state index is 11.1. The molecule has 14 heavy (non-hydrogen) atoms. The molecule has 0 atom stereocenters. The Labute approximate surface area is 86.6 Å². The van der Waals surface area contributed by atoms with Crippen molar-refractivity contribution < 1.29 is 4.79 Å². The lowest BCUT2D eigenvalue weighted by molar-refractivity contribution is 0.232. The van der Waals surface area contributed by atoms with Gasteiger partial charge in [0, 0.05) is 13.1 Å². The fourth-order valence-corrected chi connectivity index (χ4v) is 1.21. The summed E-state index contributed by atoms with van der Waals surface area (Å²) in [6.07, 6.45) is 2.04. The first kappa shape index (κ1) is 13.2. The zero-order valence-corrected chi connectivity index (χ0v) is 9.52. The summed E-state index contributed by atoms with van der Waals surface area (Å²) in [5.74, 6) is 0. The number of hydrogen-bond donors (Lipinski definition) is 3. The first-order chi connectivity index (χ1) is 6.52. The lowest BCUT2D eigenvalue weighted by atomic mass is 9.88. The maximum Gasteiger partial charge on any atom is 0.314 e. The second-order valence-electron chi connectivity index (χ2n) is 4.27. The Balaban J connectivity index is 3.68. The van der Waals surface area contributed by atoms with E-state index < -0.39 is 0 Å². The van der Waals surface area contributed by atoms with Gasteiger partial charge >= 0.3 is 6.03 Å². The summed E-state index contributed by atoms with van der Waals surface area (Å²) in [7, 11) is 0. The summed E-state index contributed by atoms with van der Waals surface area (Å²) in [6, 6.07) is -0.0895. The number of carbonyl (C=O) groups excluding carboxylic acids is 1. The molecule has 84 valence electrons. The third-order valence-corrected chi connectivity index (χ3v) is 2.12. The molecule has 0 bridgehead atoms. The summed E-state index contributed by atoms with van der Waals surface area (Å²) >= 11 is 0. The van der Waals surface area contributed by atoms with E-state index >= 15 is 0 Å². The van der Waals surface area contributed by atoms with E-state index in [-0.39, 0.29) is 11.4 Å². The molecule has 2 amide bonds. The molecule has 0 heterocycles. The van der Waals surface area contributed by atoms with Crippen LogP contribution in [0.25, 0.3) is 0 Å². The molecule has 0 unspecified atom stereocenters. The Kier molecular flexibility index (Phi) is 6.28. The quantitative estimate of drug-likeness (QED) is 0.602. The summed E-state index contributed by atoms with van der Waals surface area (Å²) in [4.78, 5) is 11.1. The molecule has 0 saturated carbocycles. The van der Waals surface area contributed by atoms with E-state index in [0.29, 0.717) is 19.6 Å². The minimum absolute atomic E-state index is 0.0895. The monoisotopic (exact) mass is 201 g/mol. The third-order valence-electron chi connectivity index (χ3n) is 2.12. The molecule has 0 aromatic heterocycles. The molecule has 4 N–H and O–H groups in total. The van der Waals surface area contributed by atoms with Gasteiger partial charge in [0.05, 0.1) is 0 Å². The van der Waals surface area contributed by atoms with Crippen LogP contribution in [0, 0.1) is 5.41 Å². The summed E-state index contributed by atoms with van der Waals surface area (Å²) in [5, 5.41) is 5.54. The van der Waals surface area contributed by atoms with Crippen molar-refractivity contribution in [2.24, 2.45) is 11.1 Å². The van der Waals surface area contributed by atoms with Gasteiger partial charge in [0.15, 0.2) is 0 Å². The Hall–Kier alpha value is -0.770. The average Bonchev–Trinajstić information content (AvgIpc) is 2.13. The maximum atomic E-state index is 11.1. The van der Waals surface area contributed by atoms with Crippen molar-refractivity contribution in [3.8, 4) is 0 Å². The van der Waals surface area contributed by atoms with E-state index in [4.69, 9.17) is 5.73 Å². The summed E-state index contributed by atoms with van der Waals surface area (Å²) in [6.45, 7) is 8.24. The molecule has 0 aliphatic carbocycles. The molecule has 0 aliphatic rings. The second kappa shape index (κ2) is 6.65. The van der Waals surface area contributed by atoms with Crippen LogP contribution in [0.15, 0.2) is 0 Å². The highest BCUT2D eigenvalue weighted by Crippen LogP contribution is 2.20. The predicted octanol–water partition coefficient (Wildman–Crippen LogP) is 1.07.